The Bertz CT molecular complexity index is 1130. The summed E-state index contributed by atoms with van der Waals surface area (Å²) in [5.74, 6) is -4.40. The van der Waals surface area contributed by atoms with Crippen LogP contribution in [0.25, 0.3) is 0 Å². The van der Waals surface area contributed by atoms with Crippen LogP contribution in [0.1, 0.15) is 93.4 Å². The number of esters is 4. The lowest BCUT2D eigenvalue weighted by Gasteiger charge is -2.54. The number of rotatable bonds is 23. The summed E-state index contributed by atoms with van der Waals surface area (Å²) >= 11 is 2.01. The highest BCUT2D eigenvalue weighted by atomic mass is 127. The van der Waals surface area contributed by atoms with Gasteiger partial charge < -0.3 is 52.5 Å². The molecule has 2 aliphatic rings. The second-order valence-corrected chi connectivity index (χ2v) is 15.1. The van der Waals surface area contributed by atoms with Crippen LogP contribution in [0.3, 0.4) is 0 Å². The van der Waals surface area contributed by atoms with E-state index in [1.54, 1.807) is 6.92 Å². The molecule has 0 aromatic heterocycles. The smallest absolute Gasteiger partial charge is 0.341 e. The monoisotopic (exact) mass is 874 g/mol. The van der Waals surface area contributed by atoms with Gasteiger partial charge in [0, 0.05) is 66.0 Å². The zero-order chi connectivity index (χ0) is 39.7. The van der Waals surface area contributed by atoms with Crippen molar-refractivity contribution in [1.82, 2.24) is 0 Å². The molecule has 2 heterocycles. The van der Waals surface area contributed by atoms with Crippen LogP contribution in [0.4, 0.5) is 0 Å². The third kappa shape index (κ3) is 13.5. The summed E-state index contributed by atoms with van der Waals surface area (Å²) in [6, 6.07) is 0. The van der Waals surface area contributed by atoms with Crippen molar-refractivity contribution in [3.63, 3.8) is 0 Å². The van der Waals surface area contributed by atoms with Gasteiger partial charge in [0.05, 0.1) is 29.8 Å². The highest BCUT2D eigenvalue weighted by molar-refractivity contribution is 14.1. The van der Waals surface area contributed by atoms with Gasteiger partial charge in [-0.05, 0) is 19.3 Å². The molecule has 0 saturated carbocycles. The van der Waals surface area contributed by atoms with Crippen molar-refractivity contribution in [3.05, 3.63) is 0 Å². The van der Waals surface area contributed by atoms with Crippen LogP contribution < -0.4 is 0 Å². The van der Waals surface area contributed by atoms with Gasteiger partial charge in [0.15, 0.2) is 11.9 Å². The molecule has 308 valence electrons. The van der Waals surface area contributed by atoms with E-state index >= 15 is 0 Å². The van der Waals surface area contributed by atoms with Gasteiger partial charge in [0.25, 0.3) is 0 Å². The summed E-state index contributed by atoms with van der Waals surface area (Å²) < 4.78 is 59.2. The Balaban J connectivity index is 2.82. The van der Waals surface area contributed by atoms with Crippen LogP contribution in [0.15, 0.2) is 0 Å². The van der Waals surface area contributed by atoms with Crippen molar-refractivity contribution in [2.24, 2.45) is 11.8 Å². The zero-order valence-corrected chi connectivity index (χ0v) is 35.0. The van der Waals surface area contributed by atoms with Gasteiger partial charge in [-0.2, -0.15) is 0 Å². The summed E-state index contributed by atoms with van der Waals surface area (Å²) in [4.78, 5) is 50.8. The third-order valence-corrected chi connectivity index (χ3v) is 11.1. The molecule has 1 N–H and O–H groups in total. The summed E-state index contributed by atoms with van der Waals surface area (Å²) in [5, 5.41) is 12.9. The number of ether oxygens (including phenoxy) is 10. The third-order valence-electron chi connectivity index (χ3n) is 9.56. The van der Waals surface area contributed by atoms with E-state index in [9.17, 15) is 24.3 Å². The number of hydrogen-bond acceptors (Lipinski definition) is 15. The highest BCUT2D eigenvalue weighted by Gasteiger charge is 2.64. The molecule has 2 saturated heterocycles. The van der Waals surface area contributed by atoms with Crippen molar-refractivity contribution >= 4 is 46.5 Å². The quantitative estimate of drug-likeness (QED) is 0.0510. The molecule has 0 bridgehead atoms. The van der Waals surface area contributed by atoms with Gasteiger partial charge in [0.2, 0.25) is 0 Å². The molecule has 0 radical (unpaired) electrons. The van der Waals surface area contributed by atoms with Crippen LogP contribution in [0, 0.1) is 11.8 Å². The van der Waals surface area contributed by atoms with E-state index in [1.165, 1.54) is 35.0 Å². The Morgan fingerprint density at radius 3 is 2.02 bits per heavy atom. The number of halogens is 1. The van der Waals surface area contributed by atoms with Crippen molar-refractivity contribution in [1.29, 1.82) is 0 Å². The van der Waals surface area contributed by atoms with E-state index in [4.69, 9.17) is 47.4 Å². The van der Waals surface area contributed by atoms with Gasteiger partial charge >= 0.3 is 23.9 Å². The SMILES string of the molecule is CCCCOCC1O[C@@H](OC)C(OCCCC)[C@@H](C(O)[C@]2(C(=O)OC)C[C@@H](OC(C)=O)[C@@H](C)C(C(I)C(COC(C)=O)OC(C)=O)O2)[C@H]1OCCCC. The first-order valence-corrected chi connectivity index (χ1v) is 20.0. The fourth-order valence-electron chi connectivity index (χ4n) is 6.76. The minimum atomic E-state index is -2.18. The van der Waals surface area contributed by atoms with E-state index in [2.05, 4.69) is 6.92 Å². The number of unbranched alkanes of at least 4 members (excludes halogenated alkanes) is 3. The fraction of sp³-hybridized carbons (Fsp3) is 0.892. The largest absolute Gasteiger partial charge is 0.467 e. The second kappa shape index (κ2) is 24.1. The maximum absolute atomic E-state index is 14.3. The molecule has 2 fully saturated rings. The molecule has 0 amide bonds. The van der Waals surface area contributed by atoms with Crippen molar-refractivity contribution in [2.45, 2.75) is 152 Å². The first kappa shape index (κ1) is 47.5. The first-order chi connectivity index (χ1) is 25.2. The number of carbonyl (C=O) groups excluding carboxylic acids is 4. The zero-order valence-electron chi connectivity index (χ0n) is 32.9. The number of aliphatic hydroxyl groups excluding tert-OH is 1. The lowest BCUT2D eigenvalue weighted by atomic mass is 9.71. The fourth-order valence-corrected chi connectivity index (χ4v) is 7.92. The van der Waals surface area contributed by atoms with E-state index in [0.29, 0.717) is 32.7 Å². The number of aliphatic hydroxyl groups is 1. The van der Waals surface area contributed by atoms with E-state index in [0.717, 1.165) is 25.7 Å². The molecule has 2 rings (SSSR count). The Morgan fingerprint density at radius 1 is 0.887 bits per heavy atom. The average Bonchev–Trinajstić information content (AvgIpc) is 3.12. The Hall–Kier alpha value is -1.67. The second-order valence-electron chi connectivity index (χ2n) is 13.7. The topological polar surface area (TPSA) is 181 Å². The van der Waals surface area contributed by atoms with Gasteiger partial charge in [-0.15, -0.1) is 0 Å². The first-order valence-electron chi connectivity index (χ1n) is 18.8. The van der Waals surface area contributed by atoms with E-state index < -0.39 is 94.3 Å². The molecule has 0 aromatic rings. The lowest BCUT2D eigenvalue weighted by Crippen LogP contribution is -2.70. The summed E-state index contributed by atoms with van der Waals surface area (Å²) in [7, 11) is 2.65. The van der Waals surface area contributed by atoms with Crippen molar-refractivity contribution in [3.8, 4) is 0 Å². The summed E-state index contributed by atoms with van der Waals surface area (Å²) in [6.07, 6.45) is -3.78. The minimum absolute atomic E-state index is 0.111. The molecule has 0 aliphatic carbocycles. The molecule has 53 heavy (non-hydrogen) atoms. The number of hydrogen-bond donors (Lipinski definition) is 1. The molecule has 6 unspecified atom stereocenters. The summed E-state index contributed by atoms with van der Waals surface area (Å²) in [6.45, 7) is 12.5. The van der Waals surface area contributed by atoms with Gasteiger partial charge in [-0.1, -0.05) is 69.5 Å². The molecular weight excluding hydrogens is 811 g/mol. The molecule has 15 nitrogen and oxygen atoms in total. The molecular formula is C37H63IO15. The minimum Gasteiger partial charge on any atom is -0.467 e. The molecule has 16 heteroatoms. The number of alkyl halides is 1. The van der Waals surface area contributed by atoms with Crippen molar-refractivity contribution < 1.29 is 71.7 Å². The van der Waals surface area contributed by atoms with Gasteiger partial charge in [-0.25, -0.2) is 4.79 Å². The molecule has 0 spiro atoms. The Morgan fingerprint density at radius 2 is 1.49 bits per heavy atom. The highest BCUT2D eigenvalue weighted by Crippen LogP contribution is 2.46. The van der Waals surface area contributed by atoms with Crippen molar-refractivity contribution in [2.75, 3.05) is 47.3 Å². The van der Waals surface area contributed by atoms with Gasteiger partial charge in [0.1, 0.15) is 37.1 Å². The molecule has 2 aliphatic heterocycles. The Labute approximate surface area is 328 Å². The lowest BCUT2D eigenvalue weighted by molar-refractivity contribution is -0.327. The van der Waals surface area contributed by atoms with E-state index in [-0.39, 0.29) is 19.6 Å². The van der Waals surface area contributed by atoms with Crippen LogP contribution in [0.2, 0.25) is 0 Å². The van der Waals surface area contributed by atoms with Gasteiger partial charge in [-0.3, -0.25) is 14.4 Å². The summed E-state index contributed by atoms with van der Waals surface area (Å²) in [5.41, 5.74) is -2.18. The maximum atomic E-state index is 14.3. The van der Waals surface area contributed by atoms with Crippen LogP contribution in [-0.2, 0) is 66.5 Å². The normalized spacial score (nSPS) is 30.5. The van der Waals surface area contributed by atoms with Crippen LogP contribution in [0.5, 0.6) is 0 Å². The maximum Gasteiger partial charge on any atom is 0.341 e. The number of methoxy groups -OCH3 is 2. The standard InChI is InChI=1S/C37H63IO15/c1-10-13-16-46-20-28-32(47-17-14-11-2)29(33(35(44-8)52-28)48-18-15-12-3)34(42)37(36(43)45-9)19-26(50-24(6)40)22(4)31(53-37)30(38)27(51-25(7)41)21-49-23(5)39/h22,26-35,42H,10-21H2,1-9H3/t22-,26-,27?,28?,29+,30?,31?,32+,33?,34?,35-,37+/m1/s1. The molecule has 12 atom stereocenters. The predicted molar refractivity (Wildman–Crippen MR) is 199 cm³/mol. The predicted octanol–water partition coefficient (Wildman–Crippen LogP) is 4.09. The van der Waals surface area contributed by atoms with Crippen LogP contribution >= 0.6 is 22.6 Å². The van der Waals surface area contributed by atoms with E-state index in [1.807, 2.05) is 36.4 Å². The Kier molecular flexibility index (Phi) is 21.6. The average molecular weight is 875 g/mol. The molecule has 0 aromatic carbocycles. The number of carbonyl (C=O) groups is 4. The van der Waals surface area contributed by atoms with Crippen LogP contribution in [-0.4, -0.2) is 135 Å².